The highest BCUT2D eigenvalue weighted by atomic mass is 19.3. The minimum absolute atomic E-state index is 0.0275. The summed E-state index contributed by atoms with van der Waals surface area (Å²) >= 11 is 0. The topological polar surface area (TPSA) is 180 Å². The number of halogens is 3. The predicted molar refractivity (Wildman–Crippen MR) is 201 cm³/mol. The molecule has 0 unspecified atom stereocenters. The molecule has 4 N–H and O–H groups in total. The van der Waals surface area contributed by atoms with E-state index in [0.29, 0.717) is 5.82 Å². The average molecular weight is 783 g/mol. The number of benzene rings is 2. The number of nitrogens with zero attached hydrogens (tertiary/aromatic N) is 6. The maximum atomic E-state index is 15.1. The Balaban J connectivity index is 0.873. The van der Waals surface area contributed by atoms with Gasteiger partial charge in [-0.2, -0.15) is 10.2 Å². The first kappa shape index (κ1) is 39.0. The van der Waals surface area contributed by atoms with Crippen molar-refractivity contribution in [2.24, 2.45) is 0 Å². The van der Waals surface area contributed by atoms with Gasteiger partial charge < -0.3 is 10.6 Å². The lowest BCUT2D eigenvalue weighted by Gasteiger charge is -2.32. The SMILES string of the molecule is CC(C)(c1n[nH]c(CNC(=O)c2cnn(-c3ccc(-c4ccc(CN5CCC(c6ccc(C(=O)N[C@H]7CCC(=O)NC7=O)c(F)c6)CC5)cc4)cn3)c2)n1)C(F)F. The lowest BCUT2D eigenvalue weighted by molar-refractivity contribution is -0.134. The molecule has 5 aromatic rings. The van der Waals surface area contributed by atoms with E-state index in [2.05, 4.69) is 58.2 Å². The average Bonchev–Trinajstić information content (AvgIpc) is 3.90. The Bertz CT molecular complexity index is 2270. The summed E-state index contributed by atoms with van der Waals surface area (Å²) in [6, 6.07) is 15.8. The molecular formula is C40H41F3N10O4. The van der Waals surface area contributed by atoms with E-state index in [4.69, 9.17) is 0 Å². The lowest BCUT2D eigenvalue weighted by atomic mass is 9.88. The van der Waals surface area contributed by atoms with E-state index in [1.165, 1.54) is 36.9 Å². The number of hydrogen-bond donors (Lipinski definition) is 4. The standard InChI is InChI=1S/C40H41F3N10O4/c1-40(2,38(42)43)39-48-32(50-51-39)20-45-35(55)28-19-46-53(22-28)33-11-8-27(18-44-33)24-5-3-23(4-6-24)21-52-15-13-25(14-16-52)26-7-9-29(30(41)17-26)36(56)47-31-10-12-34(54)49-37(31)57/h3-9,11,17-19,22,25,31,38H,10,12-16,20-21H2,1-2H3,(H,45,55)(H,47,56)(H,48,50,51)(H,49,54,57)/t31-/m0/s1. The Morgan fingerprint density at radius 2 is 1.72 bits per heavy atom. The number of aromatic amines is 1. The zero-order valence-electron chi connectivity index (χ0n) is 31.3. The second kappa shape index (κ2) is 16.5. The van der Waals surface area contributed by atoms with Crippen LogP contribution >= 0.6 is 0 Å². The van der Waals surface area contributed by atoms with Crippen LogP contribution < -0.4 is 16.0 Å². The van der Waals surface area contributed by atoms with Crippen LogP contribution in [0.1, 0.15) is 88.9 Å². The number of carbonyl (C=O) groups excluding carboxylic acids is 4. The number of H-pyrrole nitrogens is 1. The fourth-order valence-electron chi connectivity index (χ4n) is 6.81. The van der Waals surface area contributed by atoms with Gasteiger partial charge in [0.1, 0.15) is 17.7 Å². The monoisotopic (exact) mass is 782 g/mol. The molecule has 2 aliphatic rings. The molecule has 0 aliphatic carbocycles. The Morgan fingerprint density at radius 1 is 0.965 bits per heavy atom. The highest BCUT2D eigenvalue weighted by Gasteiger charge is 2.36. The molecule has 17 heteroatoms. The zero-order chi connectivity index (χ0) is 40.3. The Kier molecular flexibility index (Phi) is 11.3. The van der Waals surface area contributed by atoms with Gasteiger partial charge in [0.25, 0.3) is 18.2 Å². The summed E-state index contributed by atoms with van der Waals surface area (Å²) in [7, 11) is 0. The number of likely N-dealkylation sites (tertiary alicyclic amines) is 1. The normalized spacial score (nSPS) is 16.8. The van der Waals surface area contributed by atoms with Gasteiger partial charge in [-0.25, -0.2) is 27.8 Å². The van der Waals surface area contributed by atoms with Crippen molar-refractivity contribution >= 4 is 23.6 Å². The van der Waals surface area contributed by atoms with Gasteiger partial charge in [0.15, 0.2) is 11.6 Å². The number of rotatable bonds is 12. The van der Waals surface area contributed by atoms with E-state index in [1.54, 1.807) is 24.5 Å². The Morgan fingerprint density at radius 3 is 2.40 bits per heavy atom. The van der Waals surface area contributed by atoms with Crippen molar-refractivity contribution in [2.75, 3.05) is 13.1 Å². The van der Waals surface area contributed by atoms with Crippen LogP contribution in [0.4, 0.5) is 13.2 Å². The molecule has 5 heterocycles. The number of alkyl halides is 2. The summed E-state index contributed by atoms with van der Waals surface area (Å²) in [5, 5.41) is 18.1. The van der Waals surface area contributed by atoms with Crippen molar-refractivity contribution in [3.8, 4) is 16.9 Å². The first-order valence-corrected chi connectivity index (χ1v) is 18.6. The molecule has 2 fully saturated rings. The van der Waals surface area contributed by atoms with E-state index in [0.717, 1.165) is 54.7 Å². The third kappa shape index (κ3) is 8.93. The first-order chi connectivity index (χ1) is 27.3. The summed E-state index contributed by atoms with van der Waals surface area (Å²) in [6.45, 7) is 5.10. The van der Waals surface area contributed by atoms with Crippen molar-refractivity contribution in [3.05, 3.63) is 113 Å². The number of piperidine rings is 2. The summed E-state index contributed by atoms with van der Waals surface area (Å²) in [5.74, 6) is -1.83. The first-order valence-electron chi connectivity index (χ1n) is 18.6. The number of hydrogen-bond acceptors (Lipinski definition) is 9. The van der Waals surface area contributed by atoms with Gasteiger partial charge in [-0.3, -0.25) is 34.5 Å². The summed E-state index contributed by atoms with van der Waals surface area (Å²) in [5.41, 5.74) is 2.51. The highest BCUT2D eigenvalue weighted by Crippen LogP contribution is 2.31. The molecule has 0 bridgehead atoms. The number of amides is 4. The van der Waals surface area contributed by atoms with Crippen molar-refractivity contribution < 1.29 is 32.3 Å². The van der Waals surface area contributed by atoms with E-state index in [1.807, 2.05) is 18.2 Å². The molecule has 0 saturated carbocycles. The van der Waals surface area contributed by atoms with Gasteiger partial charge in [-0.05, 0) is 93.1 Å². The molecular weight excluding hydrogens is 742 g/mol. The van der Waals surface area contributed by atoms with E-state index >= 15 is 4.39 Å². The molecule has 1 atom stereocenters. The van der Waals surface area contributed by atoms with Crippen LogP contribution in [0.3, 0.4) is 0 Å². The number of carbonyl (C=O) groups is 4. The van der Waals surface area contributed by atoms with Gasteiger partial charge in [0.05, 0.1) is 29.3 Å². The van der Waals surface area contributed by atoms with Crippen LogP contribution in [0, 0.1) is 5.82 Å². The van der Waals surface area contributed by atoms with Crippen molar-refractivity contribution in [2.45, 2.75) is 76.4 Å². The summed E-state index contributed by atoms with van der Waals surface area (Å²) < 4.78 is 43.1. The molecule has 4 amide bonds. The molecule has 2 aromatic carbocycles. The molecule has 57 heavy (non-hydrogen) atoms. The minimum atomic E-state index is -2.64. The quantitative estimate of drug-likeness (QED) is 0.132. The molecule has 14 nitrogen and oxygen atoms in total. The van der Waals surface area contributed by atoms with Crippen LogP contribution in [-0.4, -0.2) is 84.0 Å². The number of pyridine rings is 1. The predicted octanol–water partition coefficient (Wildman–Crippen LogP) is 4.58. The fraction of sp³-hybridized carbons (Fsp3) is 0.350. The van der Waals surface area contributed by atoms with Crippen LogP contribution in [0.5, 0.6) is 0 Å². The van der Waals surface area contributed by atoms with E-state index < -0.39 is 41.4 Å². The number of aromatic nitrogens is 6. The van der Waals surface area contributed by atoms with Crippen molar-refractivity contribution in [1.82, 2.24) is 50.8 Å². The van der Waals surface area contributed by atoms with E-state index in [-0.39, 0.29) is 54.0 Å². The molecule has 2 saturated heterocycles. The largest absolute Gasteiger partial charge is 0.345 e. The second-order valence-electron chi connectivity index (χ2n) is 14.9. The van der Waals surface area contributed by atoms with Crippen LogP contribution in [0.25, 0.3) is 16.9 Å². The van der Waals surface area contributed by atoms with Gasteiger partial charge in [0.2, 0.25) is 11.8 Å². The third-order valence-corrected chi connectivity index (χ3v) is 10.4. The zero-order valence-corrected chi connectivity index (χ0v) is 31.3. The minimum Gasteiger partial charge on any atom is -0.345 e. The van der Waals surface area contributed by atoms with Gasteiger partial charge in [-0.15, -0.1) is 0 Å². The smallest absolute Gasteiger partial charge is 0.254 e. The number of imide groups is 1. The molecule has 2 aliphatic heterocycles. The molecule has 0 spiro atoms. The van der Waals surface area contributed by atoms with Crippen LogP contribution in [-0.2, 0) is 28.1 Å². The lowest BCUT2D eigenvalue weighted by Crippen LogP contribution is -2.52. The maximum absolute atomic E-state index is 15.1. The molecule has 7 rings (SSSR count). The Hall–Kier alpha value is -6.23. The van der Waals surface area contributed by atoms with Crippen LogP contribution in [0.2, 0.25) is 0 Å². The van der Waals surface area contributed by atoms with Crippen molar-refractivity contribution in [3.63, 3.8) is 0 Å². The van der Waals surface area contributed by atoms with E-state index in [9.17, 15) is 28.0 Å². The molecule has 3 aromatic heterocycles. The fourth-order valence-corrected chi connectivity index (χ4v) is 6.81. The molecule has 296 valence electrons. The van der Waals surface area contributed by atoms with Gasteiger partial charge in [0, 0.05) is 30.9 Å². The third-order valence-electron chi connectivity index (χ3n) is 10.4. The van der Waals surface area contributed by atoms with Gasteiger partial charge >= 0.3 is 0 Å². The maximum Gasteiger partial charge on any atom is 0.254 e. The van der Waals surface area contributed by atoms with Crippen LogP contribution in [0.15, 0.2) is 73.2 Å². The summed E-state index contributed by atoms with van der Waals surface area (Å²) in [6.07, 6.45) is 4.02. The Labute approximate surface area is 325 Å². The van der Waals surface area contributed by atoms with Crippen molar-refractivity contribution in [1.29, 1.82) is 0 Å². The molecule has 0 radical (unpaired) electrons. The number of nitrogens with one attached hydrogen (secondary N) is 4. The highest BCUT2D eigenvalue weighted by molar-refractivity contribution is 6.03. The summed E-state index contributed by atoms with van der Waals surface area (Å²) in [4.78, 5) is 59.8. The van der Waals surface area contributed by atoms with Gasteiger partial charge in [-0.1, -0.05) is 30.3 Å². The second-order valence-corrected chi connectivity index (χ2v) is 14.9.